The number of para-hydroxylation sites is 1. The van der Waals surface area contributed by atoms with Gasteiger partial charge in [0.2, 0.25) is 0 Å². The van der Waals surface area contributed by atoms with Crippen molar-refractivity contribution in [2.45, 2.75) is 33.1 Å². The molecule has 1 aliphatic rings. The molecule has 0 bridgehead atoms. The summed E-state index contributed by atoms with van der Waals surface area (Å²) in [6.45, 7) is 5.94. The number of carboxylic acid groups (broad SMARTS) is 1. The Morgan fingerprint density at radius 1 is 1.44 bits per heavy atom. The van der Waals surface area contributed by atoms with E-state index in [0.717, 1.165) is 30.3 Å². The molecule has 98 valence electrons. The number of carboxylic acids is 1. The van der Waals surface area contributed by atoms with Crippen LogP contribution in [0.1, 0.15) is 42.1 Å². The molecule has 3 heteroatoms. The van der Waals surface area contributed by atoms with E-state index in [2.05, 4.69) is 11.8 Å². The number of rotatable bonds is 5. The van der Waals surface area contributed by atoms with Gasteiger partial charge in [-0.15, -0.1) is 0 Å². The van der Waals surface area contributed by atoms with Crippen molar-refractivity contribution in [3.8, 4) is 0 Å². The predicted octanol–water partition coefficient (Wildman–Crippen LogP) is 3.32. The molecule has 0 aromatic heterocycles. The van der Waals surface area contributed by atoms with Crippen molar-refractivity contribution in [1.82, 2.24) is 0 Å². The van der Waals surface area contributed by atoms with E-state index in [1.807, 2.05) is 19.1 Å². The maximum atomic E-state index is 11.3. The van der Waals surface area contributed by atoms with Crippen molar-refractivity contribution in [3.63, 3.8) is 0 Å². The first-order valence-electron chi connectivity index (χ1n) is 6.71. The van der Waals surface area contributed by atoms with Gasteiger partial charge in [0.05, 0.1) is 11.3 Å². The average molecular weight is 247 g/mol. The largest absolute Gasteiger partial charge is 0.478 e. The van der Waals surface area contributed by atoms with Crippen LogP contribution in [0.25, 0.3) is 0 Å². The summed E-state index contributed by atoms with van der Waals surface area (Å²) in [6, 6.07) is 5.51. The first kappa shape index (κ1) is 12.9. The van der Waals surface area contributed by atoms with Gasteiger partial charge < -0.3 is 10.0 Å². The van der Waals surface area contributed by atoms with Crippen molar-refractivity contribution in [3.05, 3.63) is 29.3 Å². The number of aromatic carboxylic acids is 1. The van der Waals surface area contributed by atoms with Gasteiger partial charge in [-0.1, -0.05) is 18.6 Å². The summed E-state index contributed by atoms with van der Waals surface area (Å²) in [5.41, 5.74) is 2.38. The molecule has 1 aromatic rings. The molecule has 1 N–H and O–H groups in total. The Labute approximate surface area is 108 Å². The van der Waals surface area contributed by atoms with Gasteiger partial charge in [-0.25, -0.2) is 4.79 Å². The van der Waals surface area contributed by atoms with E-state index in [1.54, 1.807) is 6.07 Å². The molecular weight excluding hydrogens is 226 g/mol. The van der Waals surface area contributed by atoms with Crippen molar-refractivity contribution < 1.29 is 9.90 Å². The van der Waals surface area contributed by atoms with Crippen LogP contribution in [0, 0.1) is 12.8 Å². The molecule has 18 heavy (non-hydrogen) atoms. The highest BCUT2D eigenvalue weighted by atomic mass is 16.4. The molecule has 2 rings (SSSR count). The number of nitrogens with zero attached hydrogens (tertiary/aromatic N) is 1. The molecule has 3 nitrogen and oxygen atoms in total. The molecule has 0 aliphatic heterocycles. The minimum absolute atomic E-state index is 0.427. The SMILES string of the molecule is CCN(CC1CCC1)c1c(C)cccc1C(=O)O. The van der Waals surface area contributed by atoms with E-state index in [-0.39, 0.29) is 0 Å². The summed E-state index contributed by atoms with van der Waals surface area (Å²) in [7, 11) is 0. The molecule has 1 aromatic carbocycles. The van der Waals surface area contributed by atoms with Gasteiger partial charge in [-0.3, -0.25) is 0 Å². The second-order valence-electron chi connectivity index (χ2n) is 5.11. The van der Waals surface area contributed by atoms with Crippen molar-refractivity contribution in [2.75, 3.05) is 18.0 Å². The normalized spacial score (nSPS) is 15.2. The lowest BCUT2D eigenvalue weighted by Crippen LogP contribution is -2.34. The molecule has 0 amide bonds. The number of hydrogen-bond donors (Lipinski definition) is 1. The lowest BCUT2D eigenvalue weighted by atomic mass is 9.85. The van der Waals surface area contributed by atoms with Crippen LogP contribution in [0.15, 0.2) is 18.2 Å². The molecule has 1 aliphatic carbocycles. The van der Waals surface area contributed by atoms with E-state index in [0.29, 0.717) is 5.56 Å². The van der Waals surface area contributed by atoms with E-state index in [4.69, 9.17) is 0 Å². The quantitative estimate of drug-likeness (QED) is 0.867. The predicted molar refractivity (Wildman–Crippen MR) is 73.4 cm³/mol. The van der Waals surface area contributed by atoms with Crippen LogP contribution >= 0.6 is 0 Å². The van der Waals surface area contributed by atoms with E-state index in [9.17, 15) is 9.90 Å². The lowest BCUT2D eigenvalue weighted by Gasteiger charge is -2.34. The van der Waals surface area contributed by atoms with Gasteiger partial charge in [0, 0.05) is 13.1 Å². The fourth-order valence-corrected chi connectivity index (χ4v) is 2.62. The summed E-state index contributed by atoms with van der Waals surface area (Å²) in [5, 5.41) is 9.31. The van der Waals surface area contributed by atoms with Crippen LogP contribution in [-0.2, 0) is 0 Å². The summed E-state index contributed by atoms with van der Waals surface area (Å²) in [6.07, 6.45) is 3.89. The third-order valence-electron chi connectivity index (χ3n) is 3.87. The standard InChI is InChI=1S/C15H21NO2/c1-3-16(10-12-7-5-8-12)14-11(2)6-4-9-13(14)15(17)18/h4,6,9,12H,3,5,7-8,10H2,1-2H3,(H,17,18). The monoisotopic (exact) mass is 247 g/mol. The topological polar surface area (TPSA) is 40.5 Å². The fraction of sp³-hybridized carbons (Fsp3) is 0.533. The van der Waals surface area contributed by atoms with Crippen LogP contribution in [0.4, 0.5) is 5.69 Å². The van der Waals surface area contributed by atoms with E-state index >= 15 is 0 Å². The van der Waals surface area contributed by atoms with E-state index in [1.165, 1.54) is 19.3 Å². The Balaban J connectivity index is 2.30. The lowest BCUT2D eigenvalue weighted by molar-refractivity contribution is 0.0697. The third kappa shape index (κ3) is 2.50. The molecule has 0 radical (unpaired) electrons. The van der Waals surface area contributed by atoms with Gasteiger partial charge >= 0.3 is 5.97 Å². The van der Waals surface area contributed by atoms with Crippen molar-refractivity contribution >= 4 is 11.7 Å². The summed E-state index contributed by atoms with van der Waals surface area (Å²) in [4.78, 5) is 13.6. The Hall–Kier alpha value is -1.51. The highest BCUT2D eigenvalue weighted by Crippen LogP contribution is 2.31. The van der Waals surface area contributed by atoms with Crippen LogP contribution in [0.3, 0.4) is 0 Å². The second-order valence-corrected chi connectivity index (χ2v) is 5.11. The van der Waals surface area contributed by atoms with Gasteiger partial charge in [0.15, 0.2) is 0 Å². The highest BCUT2D eigenvalue weighted by molar-refractivity contribution is 5.95. The van der Waals surface area contributed by atoms with Gasteiger partial charge in [0.1, 0.15) is 0 Å². The minimum Gasteiger partial charge on any atom is -0.478 e. The summed E-state index contributed by atoms with van der Waals surface area (Å²) >= 11 is 0. The smallest absolute Gasteiger partial charge is 0.337 e. The molecule has 0 unspecified atom stereocenters. The second kappa shape index (κ2) is 5.42. The van der Waals surface area contributed by atoms with Crippen LogP contribution in [0.2, 0.25) is 0 Å². The number of anilines is 1. The zero-order valence-electron chi connectivity index (χ0n) is 11.1. The van der Waals surface area contributed by atoms with Crippen molar-refractivity contribution in [1.29, 1.82) is 0 Å². The summed E-state index contributed by atoms with van der Waals surface area (Å²) < 4.78 is 0. The van der Waals surface area contributed by atoms with Crippen LogP contribution in [0.5, 0.6) is 0 Å². The molecule has 0 saturated heterocycles. The number of benzene rings is 1. The maximum absolute atomic E-state index is 11.3. The Kier molecular flexibility index (Phi) is 3.90. The van der Waals surface area contributed by atoms with Gasteiger partial charge in [0.25, 0.3) is 0 Å². The minimum atomic E-state index is -0.833. The third-order valence-corrected chi connectivity index (χ3v) is 3.87. The van der Waals surface area contributed by atoms with Crippen molar-refractivity contribution in [2.24, 2.45) is 5.92 Å². The van der Waals surface area contributed by atoms with E-state index < -0.39 is 5.97 Å². The fourth-order valence-electron chi connectivity index (χ4n) is 2.62. The molecule has 0 atom stereocenters. The molecule has 0 heterocycles. The first-order valence-corrected chi connectivity index (χ1v) is 6.71. The maximum Gasteiger partial charge on any atom is 0.337 e. The van der Waals surface area contributed by atoms with Gasteiger partial charge in [-0.05, 0) is 44.2 Å². The first-order chi connectivity index (χ1) is 8.63. The molecule has 1 fully saturated rings. The Morgan fingerprint density at radius 3 is 2.67 bits per heavy atom. The zero-order valence-corrected chi connectivity index (χ0v) is 11.1. The Morgan fingerprint density at radius 2 is 2.17 bits per heavy atom. The van der Waals surface area contributed by atoms with Crippen LogP contribution in [-0.4, -0.2) is 24.2 Å². The number of carbonyl (C=O) groups is 1. The summed E-state index contributed by atoms with van der Waals surface area (Å²) in [5.74, 6) is -0.0908. The zero-order chi connectivity index (χ0) is 13.1. The Bertz CT molecular complexity index is 438. The highest BCUT2D eigenvalue weighted by Gasteiger charge is 2.23. The molecule has 0 spiro atoms. The average Bonchev–Trinajstić information content (AvgIpc) is 2.28. The van der Waals surface area contributed by atoms with Crippen LogP contribution < -0.4 is 4.90 Å². The molecular formula is C15H21NO2. The van der Waals surface area contributed by atoms with Gasteiger partial charge in [-0.2, -0.15) is 0 Å². The molecule has 1 saturated carbocycles. The number of hydrogen-bond acceptors (Lipinski definition) is 2. The number of aryl methyl sites for hydroxylation is 1.